The molecular formula is C27H32N4O. The summed E-state index contributed by atoms with van der Waals surface area (Å²) in [4.78, 5) is 22.7. The van der Waals surface area contributed by atoms with Gasteiger partial charge in [-0.25, -0.2) is 0 Å². The van der Waals surface area contributed by atoms with Crippen molar-refractivity contribution in [2.24, 2.45) is 0 Å². The molecule has 6 rings (SSSR count). The molecule has 2 aromatic heterocycles. The average Bonchev–Trinajstić information content (AvgIpc) is 3.49. The third-order valence-electron chi connectivity index (χ3n) is 8.14. The SMILES string of the molecule is Cc1ccc2c(c1)c1c(n2CC(C(=O)N2CCCC2)c2cccnc2)CC2CCC1N2C. The third kappa shape index (κ3) is 3.09. The summed E-state index contributed by atoms with van der Waals surface area (Å²) >= 11 is 0. The first kappa shape index (κ1) is 20.0. The average molecular weight is 429 g/mol. The molecule has 5 heteroatoms. The van der Waals surface area contributed by atoms with Crippen LogP contribution in [0.1, 0.15) is 60.0 Å². The second-order valence-corrected chi connectivity index (χ2v) is 9.98. The van der Waals surface area contributed by atoms with E-state index in [-0.39, 0.29) is 11.8 Å². The predicted molar refractivity (Wildman–Crippen MR) is 127 cm³/mol. The topological polar surface area (TPSA) is 41.4 Å². The Morgan fingerprint density at radius 1 is 1.19 bits per heavy atom. The van der Waals surface area contributed by atoms with Gasteiger partial charge in [0, 0.05) is 67.1 Å². The molecule has 0 aliphatic carbocycles. The Labute approximate surface area is 190 Å². The van der Waals surface area contributed by atoms with Gasteiger partial charge >= 0.3 is 0 Å². The number of rotatable bonds is 4. The Bertz CT molecular complexity index is 1160. The van der Waals surface area contributed by atoms with E-state index in [2.05, 4.69) is 57.6 Å². The summed E-state index contributed by atoms with van der Waals surface area (Å²) in [7, 11) is 2.29. The lowest BCUT2D eigenvalue weighted by Crippen LogP contribution is -2.37. The van der Waals surface area contributed by atoms with Crippen molar-refractivity contribution in [1.29, 1.82) is 0 Å². The van der Waals surface area contributed by atoms with E-state index in [9.17, 15) is 4.79 Å². The number of fused-ring (bicyclic) bond motifs is 6. The fourth-order valence-corrected chi connectivity index (χ4v) is 6.43. The van der Waals surface area contributed by atoms with Gasteiger partial charge in [0.2, 0.25) is 5.91 Å². The smallest absolute Gasteiger partial charge is 0.231 e. The second kappa shape index (κ2) is 7.73. The summed E-state index contributed by atoms with van der Waals surface area (Å²) in [6.45, 7) is 4.64. The van der Waals surface area contributed by atoms with Gasteiger partial charge in [-0.2, -0.15) is 0 Å². The van der Waals surface area contributed by atoms with Crippen LogP contribution in [0.2, 0.25) is 0 Å². The van der Waals surface area contributed by atoms with Gasteiger partial charge in [0.1, 0.15) is 0 Å². The molecule has 3 unspecified atom stereocenters. The number of likely N-dealkylation sites (N-methyl/N-ethyl adjacent to an activating group) is 1. The molecule has 3 aliphatic heterocycles. The minimum Gasteiger partial charge on any atom is -0.343 e. The number of pyridine rings is 1. The fourth-order valence-electron chi connectivity index (χ4n) is 6.43. The summed E-state index contributed by atoms with van der Waals surface area (Å²) in [6.07, 6.45) is 9.49. The van der Waals surface area contributed by atoms with Crippen molar-refractivity contribution in [3.8, 4) is 0 Å². The highest BCUT2D eigenvalue weighted by molar-refractivity contribution is 5.88. The van der Waals surface area contributed by atoms with E-state index in [1.54, 1.807) is 6.20 Å². The van der Waals surface area contributed by atoms with Gasteiger partial charge in [0.15, 0.2) is 0 Å². The number of amides is 1. The Hall–Kier alpha value is -2.66. The van der Waals surface area contributed by atoms with Crippen molar-refractivity contribution in [1.82, 2.24) is 19.4 Å². The number of nitrogens with zero attached hydrogens (tertiary/aromatic N) is 4. The predicted octanol–water partition coefficient (Wildman–Crippen LogP) is 4.44. The summed E-state index contributed by atoms with van der Waals surface area (Å²) in [5.74, 6) is 0.0641. The quantitative estimate of drug-likeness (QED) is 0.617. The van der Waals surface area contributed by atoms with Gasteiger partial charge in [0.25, 0.3) is 0 Å². The molecule has 1 amide bonds. The molecule has 3 aliphatic rings. The Morgan fingerprint density at radius 2 is 2.03 bits per heavy atom. The lowest BCUT2D eigenvalue weighted by Gasteiger charge is -2.33. The molecule has 32 heavy (non-hydrogen) atoms. The standard InChI is InChI=1S/C27H32N4O/c1-18-7-9-23-21(14-18)26-24-10-8-20(29(24)2)15-25(26)31(23)17-22(19-6-5-11-28-16-19)27(32)30-12-3-4-13-30/h5-7,9,11,14,16,20,22,24H,3-4,8,10,12-13,15,17H2,1-2H3. The molecule has 0 saturated carbocycles. The van der Waals surface area contributed by atoms with Crippen molar-refractivity contribution in [3.63, 3.8) is 0 Å². The zero-order chi connectivity index (χ0) is 21.8. The van der Waals surface area contributed by atoms with Crippen LogP contribution in [-0.4, -0.2) is 51.4 Å². The number of likely N-dealkylation sites (tertiary alicyclic amines) is 1. The highest BCUT2D eigenvalue weighted by Gasteiger charge is 2.41. The first-order valence-corrected chi connectivity index (χ1v) is 12.1. The summed E-state index contributed by atoms with van der Waals surface area (Å²) < 4.78 is 2.49. The Morgan fingerprint density at radius 3 is 2.81 bits per heavy atom. The molecule has 2 bridgehead atoms. The first-order valence-electron chi connectivity index (χ1n) is 12.1. The fraction of sp³-hybridized carbons (Fsp3) is 0.481. The van der Waals surface area contributed by atoms with Crippen LogP contribution in [0.4, 0.5) is 0 Å². The maximum absolute atomic E-state index is 13.7. The lowest BCUT2D eigenvalue weighted by molar-refractivity contribution is -0.132. The van der Waals surface area contributed by atoms with Gasteiger partial charge in [-0.3, -0.25) is 14.7 Å². The van der Waals surface area contributed by atoms with Crippen LogP contribution in [0.15, 0.2) is 42.7 Å². The van der Waals surface area contributed by atoms with Gasteiger partial charge in [-0.05, 0) is 69.0 Å². The van der Waals surface area contributed by atoms with Crippen LogP contribution in [-0.2, 0) is 17.8 Å². The molecule has 3 aromatic rings. The van der Waals surface area contributed by atoms with E-state index in [1.807, 2.05) is 12.3 Å². The Kier molecular flexibility index (Phi) is 4.83. The molecular weight excluding hydrogens is 396 g/mol. The van der Waals surface area contributed by atoms with Crippen LogP contribution in [0, 0.1) is 6.92 Å². The number of aryl methyl sites for hydroxylation is 1. The van der Waals surface area contributed by atoms with Crippen molar-refractivity contribution >= 4 is 16.8 Å². The van der Waals surface area contributed by atoms with Crippen LogP contribution in [0.3, 0.4) is 0 Å². The number of hydrogen-bond acceptors (Lipinski definition) is 3. The molecule has 0 spiro atoms. The van der Waals surface area contributed by atoms with Crippen molar-refractivity contribution in [2.45, 2.75) is 63.6 Å². The molecule has 1 aromatic carbocycles. The van der Waals surface area contributed by atoms with Crippen LogP contribution in [0.5, 0.6) is 0 Å². The van der Waals surface area contributed by atoms with Crippen molar-refractivity contribution in [2.75, 3.05) is 20.1 Å². The zero-order valence-corrected chi connectivity index (χ0v) is 19.1. The summed E-state index contributed by atoms with van der Waals surface area (Å²) in [6, 6.07) is 12.0. The summed E-state index contributed by atoms with van der Waals surface area (Å²) in [5.41, 5.74) is 6.59. The highest BCUT2D eigenvalue weighted by Crippen LogP contribution is 2.47. The van der Waals surface area contributed by atoms with Gasteiger partial charge in [-0.1, -0.05) is 17.7 Å². The molecule has 2 fully saturated rings. The summed E-state index contributed by atoms with van der Waals surface area (Å²) in [5, 5.41) is 1.38. The molecule has 0 N–H and O–H groups in total. The van der Waals surface area contributed by atoms with Crippen LogP contribution in [0.25, 0.3) is 10.9 Å². The number of benzene rings is 1. The van der Waals surface area contributed by atoms with Gasteiger partial charge in [0.05, 0.1) is 5.92 Å². The largest absolute Gasteiger partial charge is 0.343 e. The van der Waals surface area contributed by atoms with E-state index in [0.717, 1.165) is 37.9 Å². The monoisotopic (exact) mass is 428 g/mol. The molecule has 0 radical (unpaired) electrons. The van der Waals surface area contributed by atoms with Gasteiger partial charge in [-0.15, -0.1) is 0 Å². The minimum absolute atomic E-state index is 0.194. The third-order valence-corrected chi connectivity index (χ3v) is 8.14. The molecule has 3 atom stereocenters. The first-order chi connectivity index (χ1) is 15.6. The minimum atomic E-state index is -0.194. The van der Waals surface area contributed by atoms with E-state index in [1.165, 1.54) is 40.6 Å². The number of aromatic nitrogens is 2. The van der Waals surface area contributed by atoms with E-state index < -0.39 is 0 Å². The van der Waals surface area contributed by atoms with E-state index >= 15 is 0 Å². The molecule has 5 heterocycles. The molecule has 5 nitrogen and oxygen atoms in total. The van der Waals surface area contributed by atoms with E-state index in [4.69, 9.17) is 0 Å². The number of hydrogen-bond donors (Lipinski definition) is 0. The van der Waals surface area contributed by atoms with Crippen molar-refractivity contribution in [3.05, 3.63) is 65.1 Å². The van der Waals surface area contributed by atoms with Gasteiger partial charge < -0.3 is 9.47 Å². The molecule has 2 saturated heterocycles. The maximum atomic E-state index is 13.7. The lowest BCUT2D eigenvalue weighted by atomic mass is 9.96. The number of carbonyl (C=O) groups is 1. The normalized spacial score (nSPS) is 23.6. The second-order valence-electron chi connectivity index (χ2n) is 9.98. The van der Waals surface area contributed by atoms with Crippen LogP contribution < -0.4 is 0 Å². The molecule has 166 valence electrons. The van der Waals surface area contributed by atoms with E-state index in [0.29, 0.717) is 18.6 Å². The Balaban J connectivity index is 1.48. The highest BCUT2D eigenvalue weighted by atomic mass is 16.2. The maximum Gasteiger partial charge on any atom is 0.231 e. The van der Waals surface area contributed by atoms with Crippen LogP contribution >= 0.6 is 0 Å². The van der Waals surface area contributed by atoms with Crippen molar-refractivity contribution < 1.29 is 4.79 Å². The number of carbonyl (C=O) groups excluding carboxylic acids is 1. The zero-order valence-electron chi connectivity index (χ0n) is 19.1.